The molecule has 0 aliphatic heterocycles. The quantitative estimate of drug-likeness (QED) is 0.684. The molecule has 0 aliphatic carbocycles. The molecule has 0 bridgehead atoms. The number of hydrogen-bond donors (Lipinski definition) is 2. The molecule has 0 spiro atoms. The zero-order valence-corrected chi connectivity index (χ0v) is 8.19. The van der Waals surface area contributed by atoms with Crippen molar-refractivity contribution in [1.82, 2.24) is 0 Å². The molecule has 0 atom stereocenters. The SMILES string of the molecule is CCc1c(O)cc(N)c2ccsc12. The first kappa shape index (κ1) is 8.38. The highest BCUT2D eigenvalue weighted by atomic mass is 32.1. The number of phenolic OH excluding ortho intramolecular Hbond substituents is 1. The monoisotopic (exact) mass is 193 g/mol. The highest BCUT2D eigenvalue weighted by Gasteiger charge is 2.08. The Morgan fingerprint density at radius 2 is 2.31 bits per heavy atom. The topological polar surface area (TPSA) is 46.2 Å². The van der Waals surface area contributed by atoms with Gasteiger partial charge in [-0.15, -0.1) is 11.3 Å². The van der Waals surface area contributed by atoms with E-state index >= 15 is 0 Å². The van der Waals surface area contributed by atoms with Gasteiger partial charge in [0.1, 0.15) is 5.75 Å². The van der Waals surface area contributed by atoms with E-state index in [1.807, 2.05) is 18.4 Å². The Labute approximate surface area is 80.6 Å². The van der Waals surface area contributed by atoms with E-state index in [4.69, 9.17) is 5.73 Å². The maximum atomic E-state index is 9.63. The van der Waals surface area contributed by atoms with Gasteiger partial charge in [-0.3, -0.25) is 0 Å². The fourth-order valence-electron chi connectivity index (χ4n) is 1.54. The third-order valence-electron chi connectivity index (χ3n) is 2.21. The van der Waals surface area contributed by atoms with E-state index in [0.29, 0.717) is 11.4 Å². The first-order chi connectivity index (χ1) is 6.24. The van der Waals surface area contributed by atoms with Crippen LogP contribution in [0.4, 0.5) is 5.69 Å². The molecule has 2 rings (SSSR count). The maximum absolute atomic E-state index is 9.63. The van der Waals surface area contributed by atoms with Crippen LogP contribution in [0.25, 0.3) is 10.1 Å². The standard InChI is InChI=1S/C10H11NOS/c1-2-6-9(12)5-8(11)7-3-4-13-10(6)7/h3-5,12H,2,11H2,1H3. The minimum absolute atomic E-state index is 0.315. The van der Waals surface area contributed by atoms with Crippen LogP contribution in [0.1, 0.15) is 12.5 Å². The van der Waals surface area contributed by atoms with Crippen LogP contribution in [-0.4, -0.2) is 5.11 Å². The predicted molar refractivity (Wildman–Crippen MR) is 57.3 cm³/mol. The van der Waals surface area contributed by atoms with Gasteiger partial charge in [-0.05, 0) is 17.9 Å². The number of nitrogen functional groups attached to an aromatic ring is 1. The number of anilines is 1. The van der Waals surface area contributed by atoms with Gasteiger partial charge in [-0.2, -0.15) is 0 Å². The average Bonchev–Trinajstić information content (AvgIpc) is 2.53. The van der Waals surface area contributed by atoms with E-state index < -0.39 is 0 Å². The van der Waals surface area contributed by atoms with Gasteiger partial charge in [0, 0.05) is 27.4 Å². The highest BCUT2D eigenvalue weighted by molar-refractivity contribution is 7.17. The first-order valence-corrected chi connectivity index (χ1v) is 5.09. The fraction of sp³-hybridized carbons (Fsp3) is 0.200. The molecule has 13 heavy (non-hydrogen) atoms. The number of aryl methyl sites for hydroxylation is 1. The number of hydrogen-bond acceptors (Lipinski definition) is 3. The molecule has 0 aliphatic rings. The van der Waals surface area contributed by atoms with E-state index in [2.05, 4.69) is 0 Å². The van der Waals surface area contributed by atoms with Crippen molar-refractivity contribution < 1.29 is 5.11 Å². The van der Waals surface area contributed by atoms with Crippen LogP contribution in [0.5, 0.6) is 5.75 Å². The number of phenols is 1. The first-order valence-electron chi connectivity index (χ1n) is 4.21. The van der Waals surface area contributed by atoms with Crippen molar-refractivity contribution >= 4 is 27.1 Å². The minimum atomic E-state index is 0.315. The molecule has 68 valence electrons. The fourth-order valence-corrected chi connectivity index (χ4v) is 2.58. The molecule has 0 amide bonds. The number of nitrogens with two attached hydrogens (primary N) is 1. The van der Waals surface area contributed by atoms with Crippen LogP contribution < -0.4 is 5.73 Å². The van der Waals surface area contributed by atoms with E-state index in [-0.39, 0.29) is 0 Å². The van der Waals surface area contributed by atoms with E-state index in [0.717, 1.165) is 22.1 Å². The van der Waals surface area contributed by atoms with Crippen molar-refractivity contribution in [2.75, 3.05) is 5.73 Å². The Morgan fingerprint density at radius 3 is 3.00 bits per heavy atom. The predicted octanol–water partition coefficient (Wildman–Crippen LogP) is 2.75. The summed E-state index contributed by atoms with van der Waals surface area (Å²) in [6.45, 7) is 2.03. The summed E-state index contributed by atoms with van der Waals surface area (Å²) in [5, 5.41) is 12.7. The average molecular weight is 193 g/mol. The van der Waals surface area contributed by atoms with E-state index in [1.165, 1.54) is 0 Å². The summed E-state index contributed by atoms with van der Waals surface area (Å²) in [7, 11) is 0. The lowest BCUT2D eigenvalue weighted by Gasteiger charge is -2.05. The zero-order chi connectivity index (χ0) is 9.42. The molecule has 1 aromatic heterocycles. The Hall–Kier alpha value is -1.22. The number of benzene rings is 1. The Balaban J connectivity index is 2.88. The zero-order valence-electron chi connectivity index (χ0n) is 7.37. The Bertz CT molecular complexity index is 447. The van der Waals surface area contributed by atoms with E-state index in [1.54, 1.807) is 17.4 Å². The molecular formula is C10H11NOS. The van der Waals surface area contributed by atoms with Crippen molar-refractivity contribution in [3.05, 3.63) is 23.1 Å². The van der Waals surface area contributed by atoms with Gasteiger partial charge in [0.2, 0.25) is 0 Å². The molecule has 2 aromatic rings. The summed E-state index contributed by atoms with van der Waals surface area (Å²) in [6.07, 6.45) is 0.836. The van der Waals surface area contributed by atoms with Gasteiger partial charge >= 0.3 is 0 Å². The smallest absolute Gasteiger partial charge is 0.122 e. The van der Waals surface area contributed by atoms with Crippen molar-refractivity contribution in [2.24, 2.45) is 0 Å². The van der Waals surface area contributed by atoms with Gasteiger partial charge in [0.25, 0.3) is 0 Å². The maximum Gasteiger partial charge on any atom is 0.122 e. The lowest BCUT2D eigenvalue weighted by Crippen LogP contribution is -1.88. The summed E-state index contributed by atoms with van der Waals surface area (Å²) >= 11 is 1.63. The molecule has 0 fully saturated rings. The number of rotatable bonds is 1. The van der Waals surface area contributed by atoms with Gasteiger partial charge in [-0.25, -0.2) is 0 Å². The number of fused-ring (bicyclic) bond motifs is 1. The van der Waals surface area contributed by atoms with E-state index in [9.17, 15) is 5.11 Å². The lowest BCUT2D eigenvalue weighted by atomic mass is 10.1. The van der Waals surface area contributed by atoms with Gasteiger partial charge < -0.3 is 10.8 Å². The summed E-state index contributed by atoms with van der Waals surface area (Å²) < 4.78 is 1.11. The van der Waals surface area contributed by atoms with Crippen molar-refractivity contribution in [3.63, 3.8) is 0 Å². The van der Waals surface area contributed by atoms with Crippen LogP contribution in [-0.2, 0) is 6.42 Å². The normalized spacial score (nSPS) is 10.8. The molecule has 1 heterocycles. The summed E-state index contributed by atoms with van der Waals surface area (Å²) in [5.41, 5.74) is 7.43. The highest BCUT2D eigenvalue weighted by Crippen LogP contribution is 2.35. The summed E-state index contributed by atoms with van der Waals surface area (Å²) in [4.78, 5) is 0. The molecule has 0 saturated carbocycles. The van der Waals surface area contributed by atoms with Crippen molar-refractivity contribution in [3.8, 4) is 5.75 Å². The third kappa shape index (κ3) is 1.16. The molecule has 0 unspecified atom stereocenters. The van der Waals surface area contributed by atoms with Crippen LogP contribution in [0.2, 0.25) is 0 Å². The van der Waals surface area contributed by atoms with Gasteiger partial charge in [0.05, 0.1) is 0 Å². The van der Waals surface area contributed by atoms with Crippen molar-refractivity contribution in [1.29, 1.82) is 0 Å². The van der Waals surface area contributed by atoms with Crippen LogP contribution in [0, 0.1) is 0 Å². The summed E-state index contributed by atoms with van der Waals surface area (Å²) in [5.74, 6) is 0.315. The van der Waals surface area contributed by atoms with Gasteiger partial charge in [-0.1, -0.05) is 6.92 Å². The second-order valence-corrected chi connectivity index (χ2v) is 3.90. The molecule has 0 radical (unpaired) electrons. The Kier molecular flexibility index (Phi) is 1.88. The minimum Gasteiger partial charge on any atom is -0.508 e. The summed E-state index contributed by atoms with van der Waals surface area (Å²) in [6, 6.07) is 3.63. The molecular weight excluding hydrogens is 182 g/mol. The molecule has 1 aromatic carbocycles. The molecule has 3 heteroatoms. The number of thiophene rings is 1. The lowest BCUT2D eigenvalue weighted by molar-refractivity contribution is 0.470. The second-order valence-electron chi connectivity index (χ2n) is 2.98. The van der Waals surface area contributed by atoms with Crippen LogP contribution in [0.15, 0.2) is 17.5 Å². The molecule has 0 saturated heterocycles. The number of aromatic hydroxyl groups is 1. The Morgan fingerprint density at radius 1 is 1.54 bits per heavy atom. The second kappa shape index (κ2) is 2.92. The largest absolute Gasteiger partial charge is 0.508 e. The van der Waals surface area contributed by atoms with Crippen LogP contribution >= 0.6 is 11.3 Å². The molecule has 3 N–H and O–H groups in total. The molecule has 2 nitrogen and oxygen atoms in total. The van der Waals surface area contributed by atoms with Gasteiger partial charge in [0.15, 0.2) is 0 Å². The van der Waals surface area contributed by atoms with Crippen LogP contribution in [0.3, 0.4) is 0 Å². The van der Waals surface area contributed by atoms with Crippen molar-refractivity contribution in [2.45, 2.75) is 13.3 Å². The third-order valence-corrected chi connectivity index (χ3v) is 3.18.